The van der Waals surface area contributed by atoms with Crippen molar-refractivity contribution in [2.24, 2.45) is 5.73 Å². The van der Waals surface area contributed by atoms with E-state index in [0.717, 1.165) is 9.64 Å². The Kier molecular flexibility index (Phi) is 4.52. The number of hydrogen-bond donors (Lipinski definition) is 1. The molecule has 1 atom stereocenters. The minimum Gasteiger partial charge on any atom is -0.320 e. The standard InChI is InChI=1S/C13H8BrF3IN/c14-9-2-1-6(18)3-7(9)13(19)8-4-11(16)12(17)5-10(8)15/h1-5,13H,19H2. The molecule has 100 valence electrons. The summed E-state index contributed by atoms with van der Waals surface area (Å²) in [4.78, 5) is 0. The second-order valence-corrected chi connectivity index (χ2v) is 6.03. The first-order valence-electron chi connectivity index (χ1n) is 5.25. The fraction of sp³-hybridized carbons (Fsp3) is 0.0769. The molecule has 2 aromatic carbocycles. The maximum Gasteiger partial charge on any atom is 0.161 e. The van der Waals surface area contributed by atoms with Gasteiger partial charge in [-0.05, 0) is 52.4 Å². The highest BCUT2D eigenvalue weighted by Crippen LogP contribution is 2.30. The van der Waals surface area contributed by atoms with Crippen LogP contribution in [-0.4, -0.2) is 0 Å². The lowest BCUT2D eigenvalue weighted by atomic mass is 9.99. The van der Waals surface area contributed by atoms with E-state index in [1.165, 1.54) is 0 Å². The van der Waals surface area contributed by atoms with Gasteiger partial charge in [-0.3, -0.25) is 0 Å². The summed E-state index contributed by atoms with van der Waals surface area (Å²) in [5.41, 5.74) is 6.47. The number of halogens is 5. The van der Waals surface area contributed by atoms with Crippen LogP contribution < -0.4 is 5.73 Å². The third-order valence-electron chi connectivity index (χ3n) is 2.67. The van der Waals surface area contributed by atoms with Crippen LogP contribution in [-0.2, 0) is 0 Å². The minimum absolute atomic E-state index is 0.0819. The summed E-state index contributed by atoms with van der Waals surface area (Å²) < 4.78 is 41.4. The lowest BCUT2D eigenvalue weighted by molar-refractivity contribution is 0.487. The van der Waals surface area contributed by atoms with E-state index in [2.05, 4.69) is 38.5 Å². The molecule has 19 heavy (non-hydrogen) atoms. The van der Waals surface area contributed by atoms with Crippen molar-refractivity contribution in [3.8, 4) is 0 Å². The van der Waals surface area contributed by atoms with Crippen LogP contribution >= 0.6 is 38.5 Å². The van der Waals surface area contributed by atoms with Crippen LogP contribution in [0.2, 0.25) is 0 Å². The van der Waals surface area contributed by atoms with Gasteiger partial charge in [0.2, 0.25) is 0 Å². The Balaban J connectivity index is 2.52. The Morgan fingerprint density at radius 1 is 0.947 bits per heavy atom. The zero-order valence-electron chi connectivity index (χ0n) is 9.43. The van der Waals surface area contributed by atoms with Crippen LogP contribution in [0.1, 0.15) is 17.2 Å². The maximum absolute atomic E-state index is 13.7. The molecule has 2 aromatic rings. The van der Waals surface area contributed by atoms with Crippen LogP contribution in [0.4, 0.5) is 13.2 Å². The summed E-state index contributed by atoms with van der Waals surface area (Å²) in [5.74, 6) is -3.21. The van der Waals surface area contributed by atoms with Crippen molar-refractivity contribution in [1.29, 1.82) is 0 Å². The van der Waals surface area contributed by atoms with Gasteiger partial charge in [0.15, 0.2) is 11.6 Å². The smallest absolute Gasteiger partial charge is 0.161 e. The van der Waals surface area contributed by atoms with Crippen molar-refractivity contribution in [1.82, 2.24) is 0 Å². The van der Waals surface area contributed by atoms with Crippen molar-refractivity contribution in [3.05, 3.63) is 67.0 Å². The van der Waals surface area contributed by atoms with Gasteiger partial charge in [0.1, 0.15) is 5.82 Å². The molecule has 0 spiro atoms. The van der Waals surface area contributed by atoms with Gasteiger partial charge in [-0.2, -0.15) is 0 Å². The van der Waals surface area contributed by atoms with Gasteiger partial charge >= 0.3 is 0 Å². The highest BCUT2D eigenvalue weighted by atomic mass is 127. The summed E-state index contributed by atoms with van der Waals surface area (Å²) in [7, 11) is 0. The van der Waals surface area contributed by atoms with Gasteiger partial charge in [0, 0.05) is 19.7 Å². The molecule has 0 bridgehead atoms. The van der Waals surface area contributed by atoms with Gasteiger partial charge in [-0.25, -0.2) is 13.2 Å². The highest BCUT2D eigenvalue weighted by molar-refractivity contribution is 14.1. The highest BCUT2D eigenvalue weighted by Gasteiger charge is 2.19. The van der Waals surface area contributed by atoms with Crippen LogP contribution in [0.3, 0.4) is 0 Å². The largest absolute Gasteiger partial charge is 0.320 e. The van der Waals surface area contributed by atoms with Gasteiger partial charge < -0.3 is 5.73 Å². The molecule has 2 N–H and O–H groups in total. The fourth-order valence-electron chi connectivity index (χ4n) is 1.70. The van der Waals surface area contributed by atoms with E-state index in [4.69, 9.17) is 5.73 Å². The predicted octanol–water partition coefficient (Wildman–Crippen LogP) is 4.52. The number of nitrogens with two attached hydrogens (primary N) is 1. The molecule has 0 aliphatic heterocycles. The van der Waals surface area contributed by atoms with Crippen molar-refractivity contribution >= 4 is 38.5 Å². The van der Waals surface area contributed by atoms with Crippen molar-refractivity contribution in [2.75, 3.05) is 0 Å². The lowest BCUT2D eigenvalue weighted by Crippen LogP contribution is -2.15. The third-order valence-corrected chi connectivity index (χ3v) is 4.06. The quantitative estimate of drug-likeness (QED) is 0.538. The molecule has 0 aliphatic rings. The molecule has 0 fully saturated rings. The summed E-state index contributed by atoms with van der Waals surface area (Å²) in [6.07, 6.45) is 0. The Bertz CT molecular complexity index is 634. The first-order valence-corrected chi connectivity index (χ1v) is 7.12. The molecule has 0 aromatic heterocycles. The van der Waals surface area contributed by atoms with Crippen molar-refractivity contribution in [3.63, 3.8) is 0 Å². The van der Waals surface area contributed by atoms with Crippen molar-refractivity contribution < 1.29 is 13.2 Å². The zero-order chi connectivity index (χ0) is 14.2. The van der Waals surface area contributed by atoms with E-state index < -0.39 is 23.5 Å². The van der Waals surface area contributed by atoms with E-state index in [-0.39, 0.29) is 5.56 Å². The second-order valence-electron chi connectivity index (χ2n) is 3.93. The second kappa shape index (κ2) is 5.80. The summed E-state index contributed by atoms with van der Waals surface area (Å²) >= 11 is 5.40. The molecule has 0 radical (unpaired) electrons. The molecule has 1 unspecified atom stereocenters. The lowest BCUT2D eigenvalue weighted by Gasteiger charge is -2.16. The molecular weight excluding hydrogens is 434 g/mol. The van der Waals surface area contributed by atoms with Crippen LogP contribution in [0.25, 0.3) is 0 Å². The molecule has 0 amide bonds. The van der Waals surface area contributed by atoms with Gasteiger partial charge in [0.25, 0.3) is 0 Å². The van der Waals surface area contributed by atoms with Gasteiger partial charge in [-0.1, -0.05) is 15.9 Å². The monoisotopic (exact) mass is 441 g/mol. The SMILES string of the molecule is NC(c1cc(F)c(F)cc1F)c1cc(I)ccc1Br. The predicted molar refractivity (Wildman–Crippen MR) is 79.2 cm³/mol. The maximum atomic E-state index is 13.7. The zero-order valence-corrected chi connectivity index (χ0v) is 13.2. The molecule has 1 nitrogen and oxygen atoms in total. The normalized spacial score (nSPS) is 12.5. The fourth-order valence-corrected chi connectivity index (χ4v) is 2.71. The molecule has 6 heteroatoms. The average molecular weight is 442 g/mol. The van der Waals surface area contributed by atoms with Gasteiger partial charge in [0.05, 0.1) is 6.04 Å². The summed E-state index contributed by atoms with van der Waals surface area (Å²) in [5, 5.41) is 0. The minimum atomic E-state index is -1.23. The topological polar surface area (TPSA) is 26.0 Å². The van der Waals surface area contributed by atoms with Crippen LogP contribution in [0, 0.1) is 21.0 Å². The number of hydrogen-bond acceptors (Lipinski definition) is 1. The number of rotatable bonds is 2. The van der Waals surface area contributed by atoms with Crippen LogP contribution in [0.15, 0.2) is 34.8 Å². The van der Waals surface area contributed by atoms with Gasteiger partial charge in [-0.15, -0.1) is 0 Å². The number of benzene rings is 2. The Morgan fingerprint density at radius 2 is 1.58 bits per heavy atom. The van der Waals surface area contributed by atoms with E-state index in [1.807, 2.05) is 6.07 Å². The Labute approximate surface area is 130 Å². The molecule has 0 heterocycles. The Morgan fingerprint density at radius 3 is 2.26 bits per heavy atom. The first-order chi connectivity index (χ1) is 8.90. The molecule has 0 aliphatic carbocycles. The summed E-state index contributed by atoms with van der Waals surface area (Å²) in [6.45, 7) is 0. The van der Waals surface area contributed by atoms with Crippen molar-refractivity contribution in [2.45, 2.75) is 6.04 Å². The van der Waals surface area contributed by atoms with E-state index in [0.29, 0.717) is 16.1 Å². The molecule has 0 saturated heterocycles. The van der Waals surface area contributed by atoms with E-state index in [9.17, 15) is 13.2 Å². The first kappa shape index (κ1) is 14.8. The summed E-state index contributed by atoms with van der Waals surface area (Å²) in [6, 6.07) is 5.81. The average Bonchev–Trinajstić information content (AvgIpc) is 2.36. The van der Waals surface area contributed by atoms with E-state index >= 15 is 0 Å². The molecule has 0 saturated carbocycles. The van der Waals surface area contributed by atoms with Crippen LogP contribution in [0.5, 0.6) is 0 Å². The van der Waals surface area contributed by atoms with E-state index in [1.54, 1.807) is 12.1 Å². The molecule has 2 rings (SSSR count). The molecular formula is C13H8BrF3IN. The third kappa shape index (κ3) is 3.11. The Hall–Kier alpha value is -0.600.